The fourth-order valence-electron chi connectivity index (χ4n) is 3.04. The van der Waals surface area contributed by atoms with E-state index in [4.69, 9.17) is 0 Å². The summed E-state index contributed by atoms with van der Waals surface area (Å²) >= 11 is 3.03. The van der Waals surface area contributed by atoms with Crippen LogP contribution >= 0.6 is 15.9 Å². The highest BCUT2D eigenvalue weighted by atomic mass is 79.9. The molecular weight excluding hydrogens is 440 g/mol. The van der Waals surface area contributed by atoms with Crippen LogP contribution in [-0.2, 0) is 6.18 Å². The number of nitrogens with zero attached hydrogens (tertiary/aromatic N) is 1. The van der Waals surface area contributed by atoms with Gasteiger partial charge in [-0.1, -0.05) is 12.1 Å². The molecule has 0 radical (unpaired) electrons. The van der Waals surface area contributed by atoms with Crippen LogP contribution in [0.5, 0.6) is 0 Å². The second-order valence-electron chi connectivity index (χ2n) is 6.22. The molecule has 1 N–H and O–H groups in total. The third kappa shape index (κ3) is 3.82. The van der Waals surface area contributed by atoms with E-state index in [1.54, 1.807) is 13.8 Å². The van der Waals surface area contributed by atoms with Crippen LogP contribution < -0.4 is 5.32 Å². The van der Waals surface area contributed by atoms with Crippen LogP contribution in [0.25, 0.3) is 5.69 Å². The predicted octanol–water partition coefficient (Wildman–Crippen LogP) is 6.27. The van der Waals surface area contributed by atoms with Crippen molar-refractivity contribution in [3.63, 3.8) is 0 Å². The van der Waals surface area contributed by atoms with Gasteiger partial charge in [0.15, 0.2) is 0 Å². The smallest absolute Gasteiger partial charge is 0.322 e. The van der Waals surface area contributed by atoms with E-state index in [0.717, 1.165) is 12.1 Å². The SMILES string of the molecule is Cc1cc(C(=O)Nc2ccc(Br)c(F)c2)c(C)n1-c1ccccc1C(F)(F)F. The van der Waals surface area contributed by atoms with Gasteiger partial charge in [0.25, 0.3) is 5.91 Å². The zero-order valence-corrected chi connectivity index (χ0v) is 16.5. The zero-order chi connectivity index (χ0) is 20.6. The lowest BCUT2D eigenvalue weighted by atomic mass is 10.1. The van der Waals surface area contributed by atoms with Gasteiger partial charge in [0.05, 0.1) is 21.3 Å². The molecule has 0 unspecified atom stereocenters. The first-order valence-electron chi connectivity index (χ1n) is 8.21. The molecule has 0 saturated carbocycles. The number of hydrogen-bond donors (Lipinski definition) is 1. The summed E-state index contributed by atoms with van der Waals surface area (Å²) in [4.78, 5) is 12.6. The second kappa shape index (κ2) is 7.43. The molecule has 2 aromatic carbocycles. The monoisotopic (exact) mass is 454 g/mol. The molecule has 3 aromatic rings. The van der Waals surface area contributed by atoms with Crippen LogP contribution in [0.3, 0.4) is 0 Å². The molecule has 146 valence electrons. The highest BCUT2D eigenvalue weighted by molar-refractivity contribution is 9.10. The van der Waals surface area contributed by atoms with Gasteiger partial charge in [-0.2, -0.15) is 13.2 Å². The highest BCUT2D eigenvalue weighted by Crippen LogP contribution is 2.35. The van der Waals surface area contributed by atoms with Crippen molar-refractivity contribution in [3.8, 4) is 5.69 Å². The third-order valence-electron chi connectivity index (χ3n) is 4.30. The minimum atomic E-state index is -4.53. The Morgan fingerprint density at radius 3 is 2.39 bits per heavy atom. The van der Waals surface area contributed by atoms with Crippen LogP contribution in [0.1, 0.15) is 27.3 Å². The van der Waals surface area contributed by atoms with E-state index >= 15 is 0 Å². The van der Waals surface area contributed by atoms with E-state index in [9.17, 15) is 22.4 Å². The lowest BCUT2D eigenvalue weighted by Gasteiger charge is -2.16. The van der Waals surface area contributed by atoms with Gasteiger partial charge >= 0.3 is 6.18 Å². The summed E-state index contributed by atoms with van der Waals surface area (Å²) in [5, 5.41) is 2.57. The van der Waals surface area contributed by atoms with Crippen molar-refractivity contribution < 1.29 is 22.4 Å². The van der Waals surface area contributed by atoms with Crippen molar-refractivity contribution >= 4 is 27.5 Å². The Labute approximate surface area is 167 Å². The third-order valence-corrected chi connectivity index (χ3v) is 4.95. The minimum absolute atomic E-state index is 0.0567. The molecule has 0 aliphatic rings. The molecule has 0 atom stereocenters. The molecule has 1 amide bonds. The number of rotatable bonds is 3. The van der Waals surface area contributed by atoms with Gasteiger partial charge in [-0.05, 0) is 66.2 Å². The predicted molar refractivity (Wildman–Crippen MR) is 102 cm³/mol. The lowest BCUT2D eigenvalue weighted by Crippen LogP contribution is -2.15. The highest BCUT2D eigenvalue weighted by Gasteiger charge is 2.34. The normalized spacial score (nSPS) is 11.5. The molecule has 0 bridgehead atoms. The molecule has 0 aliphatic heterocycles. The van der Waals surface area contributed by atoms with E-state index in [-0.39, 0.29) is 21.4 Å². The van der Waals surface area contributed by atoms with Gasteiger partial charge in [0, 0.05) is 17.1 Å². The average molecular weight is 455 g/mol. The van der Waals surface area contributed by atoms with Crippen molar-refractivity contribution in [2.75, 3.05) is 5.32 Å². The Kier molecular flexibility index (Phi) is 5.34. The van der Waals surface area contributed by atoms with E-state index in [1.165, 1.54) is 41.0 Å². The number of hydrogen-bond acceptors (Lipinski definition) is 1. The van der Waals surface area contributed by atoms with Gasteiger partial charge in [0.1, 0.15) is 5.82 Å². The molecule has 8 heteroatoms. The lowest BCUT2D eigenvalue weighted by molar-refractivity contribution is -0.137. The Bertz CT molecular complexity index is 1060. The van der Waals surface area contributed by atoms with Crippen molar-refractivity contribution in [1.82, 2.24) is 4.57 Å². The maximum absolute atomic E-state index is 13.6. The van der Waals surface area contributed by atoms with Crippen LogP contribution in [0.2, 0.25) is 0 Å². The number of amides is 1. The van der Waals surface area contributed by atoms with Crippen LogP contribution in [0, 0.1) is 19.7 Å². The summed E-state index contributed by atoms with van der Waals surface area (Å²) in [7, 11) is 0. The molecule has 3 nitrogen and oxygen atoms in total. The number of carbonyl (C=O) groups is 1. The molecule has 1 aromatic heterocycles. The largest absolute Gasteiger partial charge is 0.418 e. The van der Waals surface area contributed by atoms with Gasteiger partial charge in [-0.3, -0.25) is 4.79 Å². The van der Waals surface area contributed by atoms with Crippen molar-refractivity contribution in [2.45, 2.75) is 20.0 Å². The molecule has 3 rings (SSSR count). The number of nitrogens with one attached hydrogen (secondary N) is 1. The number of aryl methyl sites for hydroxylation is 1. The summed E-state index contributed by atoms with van der Waals surface area (Å²) in [5.41, 5.74) is 0.423. The van der Waals surface area contributed by atoms with Crippen molar-refractivity contribution in [1.29, 1.82) is 0 Å². The maximum atomic E-state index is 13.6. The average Bonchev–Trinajstić information content (AvgIpc) is 2.92. The topological polar surface area (TPSA) is 34.0 Å². The van der Waals surface area contributed by atoms with Gasteiger partial charge < -0.3 is 9.88 Å². The molecular formula is C20H15BrF4N2O. The number of alkyl halides is 3. The fraction of sp³-hybridized carbons (Fsp3) is 0.150. The van der Waals surface area contributed by atoms with E-state index in [2.05, 4.69) is 21.2 Å². The van der Waals surface area contributed by atoms with Crippen molar-refractivity contribution in [2.24, 2.45) is 0 Å². The second-order valence-corrected chi connectivity index (χ2v) is 7.07. The number of halogens is 5. The molecule has 0 spiro atoms. The summed E-state index contributed by atoms with van der Waals surface area (Å²) in [6, 6.07) is 10.8. The first-order valence-corrected chi connectivity index (χ1v) is 9.01. The number of anilines is 1. The van der Waals surface area contributed by atoms with E-state index < -0.39 is 23.5 Å². The van der Waals surface area contributed by atoms with E-state index in [0.29, 0.717) is 11.4 Å². The quantitative estimate of drug-likeness (QED) is 0.465. The van der Waals surface area contributed by atoms with Gasteiger partial charge in [0.2, 0.25) is 0 Å². The van der Waals surface area contributed by atoms with Gasteiger partial charge in [-0.25, -0.2) is 4.39 Å². The fourth-order valence-corrected chi connectivity index (χ4v) is 3.29. The van der Waals surface area contributed by atoms with E-state index in [1.807, 2.05) is 0 Å². The van der Waals surface area contributed by atoms with Crippen LogP contribution in [0.15, 0.2) is 53.0 Å². The standard InChI is InChI=1S/C20H15BrF4N2O/c1-11-9-14(19(28)26-13-7-8-16(21)17(22)10-13)12(2)27(11)18-6-4-3-5-15(18)20(23,24)25/h3-10H,1-2H3,(H,26,28). The Balaban J connectivity index is 2.01. The summed E-state index contributed by atoms with van der Waals surface area (Å²) in [6.07, 6.45) is -4.53. The Morgan fingerprint density at radius 1 is 1.07 bits per heavy atom. The number of carbonyl (C=O) groups excluding carboxylic acids is 1. The first kappa shape index (κ1) is 20.1. The molecule has 0 aliphatic carbocycles. The number of para-hydroxylation sites is 1. The van der Waals surface area contributed by atoms with Crippen molar-refractivity contribution in [3.05, 3.63) is 81.3 Å². The molecule has 1 heterocycles. The summed E-state index contributed by atoms with van der Waals surface area (Å²) < 4.78 is 55.5. The number of aromatic nitrogens is 1. The Hall–Kier alpha value is -2.61. The van der Waals surface area contributed by atoms with Gasteiger partial charge in [-0.15, -0.1) is 0 Å². The number of benzene rings is 2. The summed E-state index contributed by atoms with van der Waals surface area (Å²) in [5.74, 6) is -1.08. The maximum Gasteiger partial charge on any atom is 0.418 e. The molecule has 0 fully saturated rings. The molecule has 28 heavy (non-hydrogen) atoms. The minimum Gasteiger partial charge on any atom is -0.322 e. The zero-order valence-electron chi connectivity index (χ0n) is 14.9. The van der Waals surface area contributed by atoms with Crippen LogP contribution in [0.4, 0.5) is 23.2 Å². The van der Waals surface area contributed by atoms with Crippen LogP contribution in [-0.4, -0.2) is 10.5 Å². The summed E-state index contributed by atoms with van der Waals surface area (Å²) in [6.45, 7) is 3.19. The first-order chi connectivity index (χ1) is 13.1. The Morgan fingerprint density at radius 2 is 1.75 bits per heavy atom. The molecule has 0 saturated heterocycles.